The number of nitrogens with zero attached hydrogens (tertiary/aromatic N) is 2. The van der Waals surface area contributed by atoms with Crippen LogP contribution in [0.5, 0.6) is 0 Å². The van der Waals surface area contributed by atoms with Gasteiger partial charge in [-0.2, -0.15) is 0 Å². The van der Waals surface area contributed by atoms with Crippen LogP contribution in [0.2, 0.25) is 0 Å². The zero-order valence-corrected chi connectivity index (χ0v) is 19.1. The molecule has 1 aliphatic heterocycles. The predicted octanol–water partition coefficient (Wildman–Crippen LogP) is 3.99. The summed E-state index contributed by atoms with van der Waals surface area (Å²) in [6.45, 7) is -0.402. The van der Waals surface area contributed by atoms with E-state index in [1.165, 1.54) is 0 Å². The number of amides is 3. The Balaban J connectivity index is 1.66. The second kappa shape index (κ2) is 9.05. The molecule has 0 saturated heterocycles. The molecule has 4 aromatic rings. The van der Waals surface area contributed by atoms with E-state index >= 15 is 0 Å². The molecule has 166 valence electrons. The molecule has 0 atom stereocenters. The molecular weight excluding hydrogens is 443 g/mol. The van der Waals surface area contributed by atoms with E-state index in [1.54, 1.807) is 24.3 Å². The number of carbonyl (C=O) groups excluding carboxylic acids is 3. The van der Waals surface area contributed by atoms with Crippen LogP contribution in [0, 0.1) is 0 Å². The number of hydrogen-bond acceptors (Lipinski definition) is 3. The minimum atomic E-state index is -2.75. The molecule has 34 heavy (non-hydrogen) atoms. The third-order valence-electron chi connectivity index (χ3n) is 5.82. The Kier molecular flexibility index (Phi) is 5.79. The highest BCUT2D eigenvalue weighted by Gasteiger charge is 2.37. The molecule has 1 heterocycles. The molecule has 5 rings (SSSR count). The Morgan fingerprint density at radius 1 is 0.588 bits per heavy atom. The van der Waals surface area contributed by atoms with Gasteiger partial charge in [0.25, 0.3) is 17.7 Å². The second-order valence-electron chi connectivity index (χ2n) is 7.88. The minimum absolute atomic E-state index is 0.315. The Labute approximate surface area is 197 Å². The number of fused-ring (bicyclic) bond motifs is 1. The van der Waals surface area contributed by atoms with E-state index < -0.39 is 31.3 Å². The Bertz CT molecular complexity index is 1300. The van der Waals surface area contributed by atoms with Crippen LogP contribution < -0.4 is 15.9 Å². The molecule has 0 radical (unpaired) electrons. The zero-order valence-electron chi connectivity index (χ0n) is 18.2. The molecule has 5 nitrogen and oxygen atoms in total. The maximum absolute atomic E-state index is 13.5. The fraction of sp³-hybridized carbons (Fsp3) is 0.0357. The normalized spacial score (nSPS) is 13.0. The van der Waals surface area contributed by atoms with Crippen molar-refractivity contribution in [3.05, 3.63) is 126 Å². The van der Waals surface area contributed by atoms with Crippen molar-refractivity contribution in [3.8, 4) is 0 Å². The molecule has 0 aliphatic carbocycles. The van der Waals surface area contributed by atoms with E-state index in [0.717, 1.165) is 20.8 Å². The molecule has 0 saturated carbocycles. The molecule has 3 amide bonds. The first-order valence-corrected chi connectivity index (χ1v) is 12.6. The number of benzene rings is 4. The van der Waals surface area contributed by atoms with Crippen molar-refractivity contribution in [1.82, 2.24) is 4.90 Å². The maximum atomic E-state index is 13.5. The summed E-state index contributed by atoms with van der Waals surface area (Å²) in [6, 6.07) is 35.8. The molecular formula is C28H21N2O3P. The van der Waals surface area contributed by atoms with E-state index in [0.29, 0.717) is 11.1 Å². The van der Waals surface area contributed by atoms with Gasteiger partial charge in [-0.25, -0.2) is 4.74 Å². The van der Waals surface area contributed by atoms with Gasteiger partial charge in [0.15, 0.2) is 0 Å². The summed E-state index contributed by atoms with van der Waals surface area (Å²) in [5.41, 5.74) is 0.631. The smallest absolute Gasteiger partial charge is 0.265 e. The van der Waals surface area contributed by atoms with Crippen LogP contribution in [0.1, 0.15) is 20.7 Å². The van der Waals surface area contributed by atoms with Crippen molar-refractivity contribution in [2.45, 2.75) is 0 Å². The molecule has 0 aromatic heterocycles. The average molecular weight is 464 g/mol. The van der Waals surface area contributed by atoms with Gasteiger partial charge in [-0.3, -0.25) is 19.3 Å². The van der Waals surface area contributed by atoms with E-state index in [9.17, 15) is 14.4 Å². The van der Waals surface area contributed by atoms with Gasteiger partial charge in [0.1, 0.15) is 6.54 Å². The first kappa shape index (κ1) is 21.7. The van der Waals surface area contributed by atoms with Crippen LogP contribution in [-0.4, -0.2) is 29.2 Å². The predicted molar refractivity (Wildman–Crippen MR) is 134 cm³/mol. The van der Waals surface area contributed by atoms with Crippen molar-refractivity contribution in [2.75, 3.05) is 6.54 Å². The molecule has 4 aromatic carbocycles. The van der Waals surface area contributed by atoms with Gasteiger partial charge in [0.2, 0.25) is 0 Å². The zero-order chi connectivity index (χ0) is 23.5. The van der Waals surface area contributed by atoms with Crippen LogP contribution in [-0.2, 0) is 4.79 Å². The van der Waals surface area contributed by atoms with Crippen molar-refractivity contribution < 1.29 is 14.4 Å². The van der Waals surface area contributed by atoms with Gasteiger partial charge in [-0.1, -0.05) is 103 Å². The summed E-state index contributed by atoms with van der Waals surface area (Å²) in [5.74, 6) is -1.45. The van der Waals surface area contributed by atoms with Gasteiger partial charge >= 0.3 is 0 Å². The lowest BCUT2D eigenvalue weighted by atomic mass is 10.1. The summed E-state index contributed by atoms with van der Waals surface area (Å²) >= 11 is 0. The lowest BCUT2D eigenvalue weighted by Gasteiger charge is -2.26. The average Bonchev–Trinajstić information content (AvgIpc) is 3.14. The lowest BCUT2D eigenvalue weighted by Crippen LogP contribution is -2.35. The van der Waals surface area contributed by atoms with Gasteiger partial charge in [0, 0.05) is 15.9 Å². The van der Waals surface area contributed by atoms with E-state index in [-0.39, 0.29) is 0 Å². The minimum Gasteiger partial charge on any atom is -0.271 e. The summed E-state index contributed by atoms with van der Waals surface area (Å²) in [6.07, 6.45) is 0. The standard InChI is InChI=1S/C28H21N2O3P/c31-26(20-30-27(32)24-18-10-11-19-25(24)28(30)33)29-34(21-12-4-1-5-13-21,22-14-6-2-7-15-22)23-16-8-3-9-17-23/h1-19H,20H2. The van der Waals surface area contributed by atoms with Gasteiger partial charge < -0.3 is 0 Å². The fourth-order valence-corrected chi connectivity index (χ4v) is 7.72. The maximum Gasteiger partial charge on any atom is 0.265 e. The Morgan fingerprint density at radius 3 is 1.32 bits per heavy atom. The third kappa shape index (κ3) is 3.70. The number of rotatable bonds is 5. The molecule has 0 unspecified atom stereocenters. The Morgan fingerprint density at radius 2 is 0.941 bits per heavy atom. The van der Waals surface area contributed by atoms with Crippen LogP contribution >= 0.6 is 7.05 Å². The molecule has 1 aliphatic rings. The number of hydrogen-bond donors (Lipinski definition) is 0. The van der Waals surface area contributed by atoms with Crippen molar-refractivity contribution in [3.63, 3.8) is 0 Å². The van der Waals surface area contributed by atoms with Gasteiger partial charge in [-0.15, -0.1) is 0 Å². The highest BCUT2D eigenvalue weighted by atomic mass is 31.2. The molecule has 0 bridgehead atoms. The van der Waals surface area contributed by atoms with Crippen LogP contribution in [0.15, 0.2) is 120 Å². The van der Waals surface area contributed by atoms with Crippen LogP contribution in [0.3, 0.4) is 0 Å². The highest BCUT2D eigenvalue weighted by Crippen LogP contribution is 2.46. The van der Waals surface area contributed by atoms with Crippen LogP contribution in [0.25, 0.3) is 0 Å². The van der Waals surface area contributed by atoms with Crippen LogP contribution in [0.4, 0.5) is 0 Å². The molecule has 0 spiro atoms. The largest absolute Gasteiger partial charge is 0.271 e. The Hall–Kier alpha value is -4.08. The summed E-state index contributed by atoms with van der Waals surface area (Å²) in [7, 11) is -2.75. The number of imide groups is 1. The summed E-state index contributed by atoms with van der Waals surface area (Å²) in [4.78, 5) is 40.2. The van der Waals surface area contributed by atoms with Crippen molar-refractivity contribution in [2.24, 2.45) is 4.74 Å². The summed E-state index contributed by atoms with van der Waals surface area (Å²) in [5, 5.41) is 2.76. The van der Waals surface area contributed by atoms with E-state index in [1.807, 2.05) is 91.0 Å². The summed E-state index contributed by atoms with van der Waals surface area (Å²) < 4.78 is 4.84. The molecule has 6 heteroatoms. The second-order valence-corrected chi connectivity index (χ2v) is 10.9. The lowest BCUT2D eigenvalue weighted by molar-refractivity contribution is -0.117. The van der Waals surface area contributed by atoms with Crippen molar-refractivity contribution in [1.29, 1.82) is 0 Å². The van der Waals surface area contributed by atoms with Gasteiger partial charge in [0.05, 0.1) is 18.2 Å². The number of carbonyl (C=O) groups is 3. The van der Waals surface area contributed by atoms with Gasteiger partial charge in [-0.05, 0) is 12.1 Å². The molecule has 0 N–H and O–H groups in total. The first-order valence-electron chi connectivity index (χ1n) is 10.9. The topological polar surface area (TPSA) is 66.8 Å². The van der Waals surface area contributed by atoms with Crippen molar-refractivity contribution >= 4 is 40.7 Å². The first-order chi connectivity index (χ1) is 16.6. The quantitative estimate of drug-likeness (QED) is 0.331. The molecule has 0 fully saturated rings. The van der Waals surface area contributed by atoms with E-state index in [2.05, 4.69) is 0 Å². The monoisotopic (exact) mass is 464 g/mol. The SMILES string of the molecule is O=C(CN1C(=O)c2ccccc2C1=O)N=P(c1ccccc1)(c1ccccc1)c1ccccc1. The highest BCUT2D eigenvalue weighted by molar-refractivity contribution is 7.87. The third-order valence-corrected chi connectivity index (χ3v) is 9.48. The fourth-order valence-electron chi connectivity index (χ4n) is 4.27. The van der Waals surface area contributed by atoms with E-state index in [4.69, 9.17) is 4.74 Å².